The number of alkyl halides is 3. The summed E-state index contributed by atoms with van der Waals surface area (Å²) in [6.07, 6.45) is -2.39. The molecule has 1 unspecified atom stereocenters. The Kier molecular flexibility index (Phi) is 7.51. The van der Waals surface area contributed by atoms with Crippen molar-refractivity contribution in [1.82, 2.24) is 9.88 Å². The van der Waals surface area contributed by atoms with Gasteiger partial charge < -0.3 is 25.1 Å². The highest BCUT2D eigenvalue weighted by Crippen LogP contribution is 2.36. The fraction of sp³-hybridized carbons (Fsp3) is 0.357. The predicted molar refractivity (Wildman–Crippen MR) is 138 cm³/mol. The van der Waals surface area contributed by atoms with Gasteiger partial charge in [0.1, 0.15) is 0 Å². The van der Waals surface area contributed by atoms with Crippen LogP contribution in [-0.2, 0) is 15.8 Å². The van der Waals surface area contributed by atoms with Crippen LogP contribution in [0, 0.1) is 11.8 Å². The first-order chi connectivity index (χ1) is 19.1. The monoisotopic (exact) mass is 556 g/mol. The molecule has 5 rings (SSSR count). The lowest BCUT2D eigenvalue weighted by molar-refractivity contribution is -0.153. The van der Waals surface area contributed by atoms with Gasteiger partial charge in [-0.15, -0.1) is 0 Å². The molecule has 2 aromatic carbocycles. The van der Waals surface area contributed by atoms with E-state index in [0.717, 1.165) is 6.42 Å². The van der Waals surface area contributed by atoms with Crippen LogP contribution in [0.15, 0.2) is 59.0 Å². The minimum atomic E-state index is -4.91. The highest BCUT2D eigenvalue weighted by atomic mass is 19.4. The third kappa shape index (κ3) is 5.80. The fourth-order valence-corrected chi connectivity index (χ4v) is 5.31. The fourth-order valence-electron chi connectivity index (χ4n) is 5.31. The van der Waals surface area contributed by atoms with Gasteiger partial charge in [-0.3, -0.25) is 14.4 Å². The summed E-state index contributed by atoms with van der Waals surface area (Å²) >= 11 is 0. The number of halogens is 3. The number of likely N-dealkylation sites (tertiary alicyclic amines) is 1. The van der Waals surface area contributed by atoms with Gasteiger partial charge in [0.2, 0.25) is 17.6 Å². The Balaban J connectivity index is 1.21. The average molecular weight is 557 g/mol. The van der Waals surface area contributed by atoms with Gasteiger partial charge in [0, 0.05) is 36.1 Å². The number of carboxylic acids is 1. The Morgan fingerprint density at radius 3 is 2.30 bits per heavy atom. The molecular formula is C28H27F3N4O5. The van der Waals surface area contributed by atoms with Crippen LogP contribution in [0.4, 0.5) is 24.5 Å². The van der Waals surface area contributed by atoms with E-state index in [1.807, 2.05) is 0 Å². The lowest BCUT2D eigenvalue weighted by atomic mass is 9.95. The second kappa shape index (κ2) is 11.0. The molecule has 2 heterocycles. The number of carbonyl (C=O) groups is 3. The van der Waals surface area contributed by atoms with Crippen molar-refractivity contribution >= 4 is 29.2 Å². The van der Waals surface area contributed by atoms with Gasteiger partial charge in [-0.05, 0) is 55.7 Å². The normalized spacial score (nSPS) is 20.9. The summed E-state index contributed by atoms with van der Waals surface area (Å²) in [5, 5.41) is 15.1. The highest BCUT2D eigenvalue weighted by molar-refractivity contribution is 6.04. The highest BCUT2D eigenvalue weighted by Gasteiger charge is 2.42. The first kappa shape index (κ1) is 27.2. The Morgan fingerprint density at radius 1 is 0.950 bits per heavy atom. The summed E-state index contributed by atoms with van der Waals surface area (Å²) in [6.45, 7) is 0.966. The molecular weight excluding hydrogens is 529 g/mol. The van der Waals surface area contributed by atoms with Crippen molar-refractivity contribution in [2.45, 2.75) is 37.9 Å². The number of amides is 2. The minimum Gasteiger partial charge on any atom is -0.481 e. The molecule has 2 aliphatic rings. The third-order valence-electron chi connectivity index (χ3n) is 7.28. The molecule has 1 aromatic heterocycles. The molecule has 2 fully saturated rings. The van der Waals surface area contributed by atoms with Gasteiger partial charge in [0.05, 0.1) is 11.8 Å². The lowest BCUT2D eigenvalue weighted by Crippen LogP contribution is -2.39. The molecule has 0 spiro atoms. The standard InChI is InChI=1S/C28H27F3N4O5/c29-28(30,31)23-22(34-25(40-23)16-5-2-1-3-6-16)24(36)33-18-11-9-17(10-12-18)32-19-13-14-35(15-19)26(37)20-7-4-8-21(20)27(38)39/h1-3,5-6,9-12,19-21,32H,4,7-8,13-15H2,(H,33,36)(H,38,39)/t19?,20-,21-/m0/s1. The zero-order valence-corrected chi connectivity index (χ0v) is 21.3. The molecule has 1 saturated carbocycles. The van der Waals surface area contributed by atoms with Gasteiger partial charge in [-0.25, -0.2) is 4.98 Å². The lowest BCUT2D eigenvalue weighted by Gasteiger charge is -2.23. The van der Waals surface area contributed by atoms with E-state index in [1.165, 1.54) is 12.1 Å². The molecule has 1 aliphatic carbocycles. The SMILES string of the molecule is O=C(Nc1ccc(NC2CCN(C(=O)[C@H]3CCC[C@@H]3C(=O)O)C2)cc1)c1nc(-c2ccccc2)oc1C(F)(F)F. The molecule has 0 bridgehead atoms. The zero-order chi connectivity index (χ0) is 28.4. The average Bonchev–Trinajstić information content (AvgIpc) is 3.69. The van der Waals surface area contributed by atoms with Crippen molar-refractivity contribution in [3.63, 3.8) is 0 Å². The number of aromatic nitrogens is 1. The number of rotatable bonds is 7. The second-order valence-corrected chi connectivity index (χ2v) is 9.99. The van der Waals surface area contributed by atoms with Gasteiger partial charge in [0.15, 0.2) is 5.69 Å². The second-order valence-electron chi connectivity index (χ2n) is 9.99. The number of benzene rings is 2. The Hall–Kier alpha value is -4.35. The van der Waals surface area contributed by atoms with E-state index in [-0.39, 0.29) is 23.5 Å². The van der Waals surface area contributed by atoms with Crippen LogP contribution in [0.3, 0.4) is 0 Å². The van der Waals surface area contributed by atoms with Crippen LogP contribution in [0.25, 0.3) is 11.5 Å². The van der Waals surface area contributed by atoms with E-state index in [1.54, 1.807) is 47.4 Å². The van der Waals surface area contributed by atoms with E-state index >= 15 is 0 Å². The first-order valence-corrected chi connectivity index (χ1v) is 12.9. The number of oxazole rings is 1. The van der Waals surface area contributed by atoms with Crippen LogP contribution < -0.4 is 10.6 Å². The van der Waals surface area contributed by atoms with Gasteiger partial charge in [-0.1, -0.05) is 24.6 Å². The van der Waals surface area contributed by atoms with Gasteiger partial charge in [-0.2, -0.15) is 13.2 Å². The molecule has 1 saturated heterocycles. The van der Waals surface area contributed by atoms with Gasteiger partial charge >= 0.3 is 12.1 Å². The number of nitrogens with zero attached hydrogens (tertiary/aromatic N) is 2. The number of aliphatic carboxylic acids is 1. The summed E-state index contributed by atoms with van der Waals surface area (Å²) in [7, 11) is 0. The van der Waals surface area contributed by atoms with Crippen molar-refractivity contribution in [2.24, 2.45) is 11.8 Å². The smallest absolute Gasteiger partial charge is 0.452 e. The summed E-state index contributed by atoms with van der Waals surface area (Å²) in [5.74, 6) is -5.00. The van der Waals surface area contributed by atoms with Crippen molar-refractivity contribution in [2.75, 3.05) is 23.7 Å². The maximum Gasteiger partial charge on any atom is 0.452 e. The maximum atomic E-state index is 13.6. The van der Waals surface area contributed by atoms with E-state index in [4.69, 9.17) is 4.42 Å². The zero-order valence-electron chi connectivity index (χ0n) is 21.3. The molecule has 2 amide bonds. The number of hydrogen-bond acceptors (Lipinski definition) is 6. The van der Waals surface area contributed by atoms with Gasteiger partial charge in [0.25, 0.3) is 5.91 Å². The Labute approximate surface area is 227 Å². The van der Waals surface area contributed by atoms with Crippen molar-refractivity contribution < 1.29 is 37.1 Å². The third-order valence-corrected chi connectivity index (χ3v) is 7.28. The first-order valence-electron chi connectivity index (χ1n) is 12.9. The van der Waals surface area contributed by atoms with Crippen molar-refractivity contribution in [3.8, 4) is 11.5 Å². The van der Waals surface area contributed by atoms with Crippen LogP contribution in [0.5, 0.6) is 0 Å². The van der Waals surface area contributed by atoms with E-state index < -0.39 is 41.3 Å². The Morgan fingerprint density at radius 2 is 1.62 bits per heavy atom. The number of nitrogens with one attached hydrogen (secondary N) is 2. The molecule has 3 N–H and O–H groups in total. The predicted octanol–water partition coefficient (Wildman–Crippen LogP) is 5.13. The largest absolute Gasteiger partial charge is 0.481 e. The van der Waals surface area contributed by atoms with E-state index in [0.29, 0.717) is 43.6 Å². The van der Waals surface area contributed by atoms with Crippen molar-refractivity contribution in [3.05, 3.63) is 66.1 Å². The van der Waals surface area contributed by atoms with E-state index in [9.17, 15) is 32.7 Å². The molecule has 3 atom stereocenters. The summed E-state index contributed by atoms with van der Waals surface area (Å²) < 4.78 is 45.6. The minimum absolute atomic E-state index is 0.0463. The van der Waals surface area contributed by atoms with Crippen molar-refractivity contribution in [1.29, 1.82) is 0 Å². The Bertz CT molecular complexity index is 1390. The molecule has 9 nitrogen and oxygen atoms in total. The molecule has 210 valence electrons. The van der Waals surface area contributed by atoms with E-state index in [2.05, 4.69) is 15.6 Å². The summed E-state index contributed by atoms with van der Waals surface area (Å²) in [4.78, 5) is 42.6. The summed E-state index contributed by atoms with van der Waals surface area (Å²) in [5.41, 5.74) is 0.402. The quantitative estimate of drug-likeness (QED) is 0.369. The molecule has 12 heteroatoms. The van der Waals surface area contributed by atoms with Crippen LogP contribution in [0.1, 0.15) is 41.9 Å². The van der Waals surface area contributed by atoms with Crippen LogP contribution in [0.2, 0.25) is 0 Å². The number of hydrogen-bond donors (Lipinski definition) is 3. The van der Waals surface area contributed by atoms with Crippen LogP contribution in [-0.4, -0.2) is 51.9 Å². The molecule has 1 aliphatic heterocycles. The number of anilines is 2. The van der Waals surface area contributed by atoms with Crippen LogP contribution >= 0.6 is 0 Å². The number of carbonyl (C=O) groups excluding carboxylic acids is 2. The topological polar surface area (TPSA) is 125 Å². The molecule has 3 aromatic rings. The maximum absolute atomic E-state index is 13.6. The summed E-state index contributed by atoms with van der Waals surface area (Å²) in [6, 6.07) is 14.4. The number of carboxylic acid groups (broad SMARTS) is 1. The molecule has 0 radical (unpaired) electrons. The molecule has 40 heavy (non-hydrogen) atoms.